The van der Waals surface area contributed by atoms with Crippen molar-refractivity contribution < 1.29 is 9.47 Å². The lowest BCUT2D eigenvalue weighted by Gasteiger charge is -2.23. The average Bonchev–Trinajstić information content (AvgIpc) is 2.22. The van der Waals surface area contributed by atoms with Crippen molar-refractivity contribution in [2.45, 2.75) is 20.3 Å². The van der Waals surface area contributed by atoms with Gasteiger partial charge in [0.25, 0.3) is 0 Å². The van der Waals surface area contributed by atoms with Crippen molar-refractivity contribution in [1.82, 2.24) is 4.90 Å². The third kappa shape index (κ3) is 10.4. The summed E-state index contributed by atoms with van der Waals surface area (Å²) in [6.45, 7) is 10.6. The largest absolute Gasteiger partial charge is 0.382 e. The maximum atomic E-state index is 5.59. The molecule has 4 heteroatoms. The molecule has 0 heterocycles. The highest BCUT2D eigenvalue weighted by Crippen LogP contribution is 1.99. The van der Waals surface area contributed by atoms with Gasteiger partial charge in [0.1, 0.15) is 0 Å². The van der Waals surface area contributed by atoms with E-state index in [0.29, 0.717) is 19.1 Å². The molecule has 2 N–H and O–H groups in total. The Kier molecular flexibility index (Phi) is 11.2. The topological polar surface area (TPSA) is 47.7 Å². The molecule has 98 valence electrons. The Bertz CT molecular complexity index is 143. The van der Waals surface area contributed by atoms with Crippen LogP contribution in [0.3, 0.4) is 0 Å². The summed E-state index contributed by atoms with van der Waals surface area (Å²) < 4.78 is 10.3. The van der Waals surface area contributed by atoms with Crippen LogP contribution < -0.4 is 5.73 Å². The lowest BCUT2D eigenvalue weighted by Crippen LogP contribution is -2.34. The molecule has 0 saturated heterocycles. The van der Waals surface area contributed by atoms with Crippen LogP contribution in [0.4, 0.5) is 0 Å². The van der Waals surface area contributed by atoms with Crippen molar-refractivity contribution >= 4 is 0 Å². The second-order valence-corrected chi connectivity index (χ2v) is 4.44. The molecule has 0 rings (SSSR count). The van der Waals surface area contributed by atoms with E-state index in [1.165, 1.54) is 0 Å². The van der Waals surface area contributed by atoms with Crippen LogP contribution in [-0.4, -0.2) is 58.0 Å². The van der Waals surface area contributed by atoms with Crippen LogP contribution in [0, 0.1) is 5.92 Å². The van der Waals surface area contributed by atoms with Gasteiger partial charge in [0.15, 0.2) is 0 Å². The Balaban J connectivity index is 3.44. The molecule has 0 aliphatic heterocycles. The summed E-state index contributed by atoms with van der Waals surface area (Å²) >= 11 is 0. The summed E-state index contributed by atoms with van der Waals surface area (Å²) in [7, 11) is 1.69. The van der Waals surface area contributed by atoms with E-state index in [2.05, 4.69) is 18.7 Å². The highest BCUT2D eigenvalue weighted by atomic mass is 16.5. The summed E-state index contributed by atoms with van der Waals surface area (Å²) in [6.07, 6.45) is 1.07. The van der Waals surface area contributed by atoms with Gasteiger partial charge in [-0.1, -0.05) is 13.8 Å². The summed E-state index contributed by atoms with van der Waals surface area (Å²) in [6, 6.07) is 0. The minimum Gasteiger partial charge on any atom is -0.382 e. The SMILES string of the molecule is COCCOCCCN(CCN)CC(C)C. The summed E-state index contributed by atoms with van der Waals surface area (Å²) in [4.78, 5) is 2.41. The Morgan fingerprint density at radius 1 is 1.12 bits per heavy atom. The van der Waals surface area contributed by atoms with Crippen LogP contribution in [0.15, 0.2) is 0 Å². The molecule has 0 saturated carbocycles. The van der Waals surface area contributed by atoms with Crippen LogP contribution in [0.25, 0.3) is 0 Å². The predicted octanol–water partition coefficient (Wildman–Crippen LogP) is 0.956. The maximum Gasteiger partial charge on any atom is 0.0700 e. The molecule has 0 atom stereocenters. The van der Waals surface area contributed by atoms with E-state index in [-0.39, 0.29) is 0 Å². The van der Waals surface area contributed by atoms with Gasteiger partial charge in [0, 0.05) is 39.9 Å². The lowest BCUT2D eigenvalue weighted by molar-refractivity contribution is 0.0648. The fourth-order valence-electron chi connectivity index (χ4n) is 1.63. The number of nitrogens with two attached hydrogens (primary N) is 1. The molecule has 0 amide bonds. The molecule has 0 aromatic carbocycles. The molecular weight excluding hydrogens is 204 g/mol. The fraction of sp³-hybridized carbons (Fsp3) is 1.00. The summed E-state index contributed by atoms with van der Waals surface area (Å²) in [5.74, 6) is 0.695. The first kappa shape index (κ1) is 15.8. The zero-order valence-electron chi connectivity index (χ0n) is 11.1. The van der Waals surface area contributed by atoms with Crippen LogP contribution in [0.1, 0.15) is 20.3 Å². The van der Waals surface area contributed by atoms with Crippen molar-refractivity contribution in [3.63, 3.8) is 0 Å². The van der Waals surface area contributed by atoms with Gasteiger partial charge in [0.05, 0.1) is 13.2 Å². The molecule has 4 nitrogen and oxygen atoms in total. The molecule has 0 unspecified atom stereocenters. The number of hydrogen-bond acceptors (Lipinski definition) is 4. The molecular formula is C12H28N2O2. The highest BCUT2D eigenvalue weighted by molar-refractivity contribution is 4.60. The molecule has 0 spiro atoms. The second kappa shape index (κ2) is 11.3. The zero-order chi connectivity index (χ0) is 12.2. The van der Waals surface area contributed by atoms with Crippen molar-refractivity contribution in [1.29, 1.82) is 0 Å². The van der Waals surface area contributed by atoms with Crippen LogP contribution in [-0.2, 0) is 9.47 Å². The molecule has 0 bridgehead atoms. The highest BCUT2D eigenvalue weighted by Gasteiger charge is 2.05. The minimum absolute atomic E-state index is 0.679. The van der Waals surface area contributed by atoms with Gasteiger partial charge in [-0.3, -0.25) is 0 Å². The number of methoxy groups -OCH3 is 1. The van der Waals surface area contributed by atoms with Crippen molar-refractivity contribution in [3.8, 4) is 0 Å². The Morgan fingerprint density at radius 2 is 1.88 bits per heavy atom. The second-order valence-electron chi connectivity index (χ2n) is 4.44. The first-order chi connectivity index (χ1) is 7.70. The minimum atomic E-state index is 0.679. The molecule has 0 aliphatic carbocycles. The number of nitrogens with zero attached hydrogens (tertiary/aromatic N) is 1. The third-order valence-corrected chi connectivity index (χ3v) is 2.26. The first-order valence-corrected chi connectivity index (χ1v) is 6.19. The Labute approximate surface area is 100 Å². The average molecular weight is 232 g/mol. The number of ether oxygens (including phenoxy) is 2. The zero-order valence-corrected chi connectivity index (χ0v) is 11.1. The van der Waals surface area contributed by atoms with E-state index in [1.807, 2.05) is 0 Å². The lowest BCUT2D eigenvalue weighted by atomic mass is 10.2. The van der Waals surface area contributed by atoms with Gasteiger partial charge in [-0.2, -0.15) is 0 Å². The smallest absolute Gasteiger partial charge is 0.0700 e. The van der Waals surface area contributed by atoms with Crippen LogP contribution in [0.5, 0.6) is 0 Å². The maximum absolute atomic E-state index is 5.59. The van der Waals surface area contributed by atoms with E-state index < -0.39 is 0 Å². The first-order valence-electron chi connectivity index (χ1n) is 6.19. The van der Waals surface area contributed by atoms with Crippen LogP contribution in [0.2, 0.25) is 0 Å². The molecule has 0 aromatic heterocycles. The van der Waals surface area contributed by atoms with Gasteiger partial charge < -0.3 is 20.1 Å². The molecule has 0 fully saturated rings. The monoisotopic (exact) mass is 232 g/mol. The normalized spacial score (nSPS) is 11.6. The molecule has 0 aliphatic rings. The Morgan fingerprint density at radius 3 is 2.44 bits per heavy atom. The van der Waals surface area contributed by atoms with Crippen molar-refractivity contribution in [3.05, 3.63) is 0 Å². The van der Waals surface area contributed by atoms with Crippen molar-refractivity contribution in [2.24, 2.45) is 11.7 Å². The van der Waals surface area contributed by atoms with E-state index in [9.17, 15) is 0 Å². The summed E-state index contributed by atoms with van der Waals surface area (Å²) in [5.41, 5.74) is 5.59. The number of hydrogen-bond donors (Lipinski definition) is 1. The summed E-state index contributed by atoms with van der Waals surface area (Å²) in [5, 5.41) is 0. The van der Waals surface area contributed by atoms with Crippen molar-refractivity contribution in [2.75, 3.05) is 53.1 Å². The van der Waals surface area contributed by atoms with Gasteiger partial charge in [-0.15, -0.1) is 0 Å². The van der Waals surface area contributed by atoms with E-state index in [0.717, 1.165) is 39.2 Å². The molecule has 0 radical (unpaired) electrons. The van der Waals surface area contributed by atoms with Gasteiger partial charge in [-0.05, 0) is 12.3 Å². The van der Waals surface area contributed by atoms with E-state index in [4.69, 9.17) is 15.2 Å². The van der Waals surface area contributed by atoms with E-state index >= 15 is 0 Å². The number of rotatable bonds is 11. The van der Waals surface area contributed by atoms with Gasteiger partial charge in [-0.25, -0.2) is 0 Å². The quantitative estimate of drug-likeness (QED) is 0.539. The predicted molar refractivity (Wildman–Crippen MR) is 67.6 cm³/mol. The van der Waals surface area contributed by atoms with Crippen LogP contribution >= 0.6 is 0 Å². The molecule has 0 aromatic rings. The van der Waals surface area contributed by atoms with Gasteiger partial charge >= 0.3 is 0 Å². The van der Waals surface area contributed by atoms with Gasteiger partial charge in [0.2, 0.25) is 0 Å². The standard InChI is InChI=1S/C12H28N2O2/c1-12(2)11-14(7-5-13)6-4-8-16-10-9-15-3/h12H,4-11,13H2,1-3H3. The fourth-order valence-corrected chi connectivity index (χ4v) is 1.63. The van der Waals surface area contributed by atoms with E-state index in [1.54, 1.807) is 7.11 Å². The third-order valence-electron chi connectivity index (χ3n) is 2.26. The Hall–Kier alpha value is -0.160. The molecule has 16 heavy (non-hydrogen) atoms.